The lowest BCUT2D eigenvalue weighted by Crippen LogP contribution is -2.28. The Bertz CT molecular complexity index is 495. The lowest BCUT2D eigenvalue weighted by molar-refractivity contribution is 0.291. The maximum atomic E-state index is 6.41. The number of hydrogen-bond donors (Lipinski definition) is 1. The van der Waals surface area contributed by atoms with E-state index >= 15 is 0 Å². The van der Waals surface area contributed by atoms with Crippen molar-refractivity contribution in [3.63, 3.8) is 0 Å². The number of likely N-dealkylation sites (N-methyl/N-ethyl adjacent to an activating group) is 1. The molecule has 1 aromatic carbocycles. The average Bonchev–Trinajstić information content (AvgIpc) is 2.66. The highest BCUT2D eigenvalue weighted by Gasteiger charge is 2.12. The van der Waals surface area contributed by atoms with E-state index in [1.165, 1.54) is 9.58 Å². The number of hydrogen-bond acceptors (Lipinski definition) is 3. The first-order chi connectivity index (χ1) is 8.26. The number of nitrogens with two attached hydrogens (primary N) is 1. The van der Waals surface area contributed by atoms with Crippen molar-refractivity contribution in [3.05, 3.63) is 34.2 Å². The van der Waals surface area contributed by atoms with Crippen molar-refractivity contribution in [2.45, 2.75) is 13.5 Å². The van der Waals surface area contributed by atoms with E-state index in [0.29, 0.717) is 6.54 Å². The standard InChI is InChI=1S/C13H17ClN2S/c1-2-16(8-7-15)9-12-13(14)10-5-3-4-6-11(10)17-12/h3-6H,2,7-9,15H2,1H3. The van der Waals surface area contributed by atoms with Crippen LogP contribution < -0.4 is 5.73 Å². The molecule has 0 fully saturated rings. The molecule has 2 rings (SSSR count). The van der Waals surface area contributed by atoms with Gasteiger partial charge in [0.2, 0.25) is 0 Å². The van der Waals surface area contributed by atoms with Gasteiger partial charge in [-0.1, -0.05) is 36.7 Å². The molecule has 17 heavy (non-hydrogen) atoms. The Hall–Kier alpha value is -0.610. The van der Waals surface area contributed by atoms with Crippen molar-refractivity contribution in [1.82, 2.24) is 4.90 Å². The van der Waals surface area contributed by atoms with Crippen molar-refractivity contribution in [1.29, 1.82) is 0 Å². The molecule has 92 valence electrons. The smallest absolute Gasteiger partial charge is 0.0637 e. The van der Waals surface area contributed by atoms with E-state index < -0.39 is 0 Å². The van der Waals surface area contributed by atoms with Crippen molar-refractivity contribution < 1.29 is 0 Å². The molecule has 4 heteroatoms. The highest BCUT2D eigenvalue weighted by molar-refractivity contribution is 7.19. The van der Waals surface area contributed by atoms with Crippen LogP contribution in [0.3, 0.4) is 0 Å². The molecule has 0 atom stereocenters. The van der Waals surface area contributed by atoms with Gasteiger partial charge in [0, 0.05) is 34.6 Å². The third-order valence-corrected chi connectivity index (χ3v) is 4.56. The Balaban J connectivity index is 2.26. The highest BCUT2D eigenvalue weighted by Crippen LogP contribution is 2.35. The van der Waals surface area contributed by atoms with Crippen LogP contribution in [0.4, 0.5) is 0 Å². The molecular formula is C13H17ClN2S. The monoisotopic (exact) mass is 268 g/mol. The number of nitrogens with zero attached hydrogens (tertiary/aromatic N) is 1. The second-order valence-electron chi connectivity index (χ2n) is 3.99. The summed E-state index contributed by atoms with van der Waals surface area (Å²) in [6, 6.07) is 8.28. The summed E-state index contributed by atoms with van der Waals surface area (Å²) in [6.45, 7) is 5.65. The van der Waals surface area contributed by atoms with Crippen LogP contribution in [0.5, 0.6) is 0 Å². The minimum atomic E-state index is 0.691. The molecule has 2 N–H and O–H groups in total. The molecule has 0 radical (unpaired) electrons. The summed E-state index contributed by atoms with van der Waals surface area (Å²) >= 11 is 8.19. The SMILES string of the molecule is CCN(CCN)Cc1sc2ccccc2c1Cl. The molecule has 0 amide bonds. The lowest BCUT2D eigenvalue weighted by atomic mass is 10.2. The molecule has 0 spiro atoms. The molecule has 0 bridgehead atoms. The maximum Gasteiger partial charge on any atom is 0.0637 e. The molecule has 0 saturated carbocycles. The average molecular weight is 269 g/mol. The van der Waals surface area contributed by atoms with Gasteiger partial charge in [0.1, 0.15) is 0 Å². The fourth-order valence-electron chi connectivity index (χ4n) is 1.90. The van der Waals surface area contributed by atoms with Crippen LogP contribution in [-0.4, -0.2) is 24.5 Å². The quantitative estimate of drug-likeness (QED) is 0.901. The predicted molar refractivity (Wildman–Crippen MR) is 76.8 cm³/mol. The third-order valence-electron chi connectivity index (χ3n) is 2.86. The number of thiophene rings is 1. The van der Waals surface area contributed by atoms with Gasteiger partial charge in [0.25, 0.3) is 0 Å². The fourth-order valence-corrected chi connectivity index (χ4v) is 3.44. The molecule has 0 aliphatic carbocycles. The maximum absolute atomic E-state index is 6.41. The van der Waals surface area contributed by atoms with Gasteiger partial charge >= 0.3 is 0 Å². The van der Waals surface area contributed by atoms with Gasteiger partial charge < -0.3 is 5.73 Å². The van der Waals surface area contributed by atoms with Crippen LogP contribution in [0, 0.1) is 0 Å². The number of halogens is 1. The summed E-state index contributed by atoms with van der Waals surface area (Å²) in [6.07, 6.45) is 0. The van der Waals surface area contributed by atoms with Gasteiger partial charge in [-0.05, 0) is 12.6 Å². The van der Waals surface area contributed by atoms with E-state index in [4.69, 9.17) is 17.3 Å². The lowest BCUT2D eigenvalue weighted by Gasteiger charge is -2.18. The first kappa shape index (κ1) is 12.8. The Morgan fingerprint density at radius 2 is 2.12 bits per heavy atom. The molecule has 2 nitrogen and oxygen atoms in total. The zero-order valence-corrected chi connectivity index (χ0v) is 11.5. The van der Waals surface area contributed by atoms with E-state index in [1.807, 2.05) is 6.07 Å². The van der Waals surface area contributed by atoms with Gasteiger partial charge in [-0.3, -0.25) is 4.90 Å². The van der Waals surface area contributed by atoms with Crippen LogP contribution in [-0.2, 0) is 6.54 Å². The van der Waals surface area contributed by atoms with E-state index in [-0.39, 0.29) is 0 Å². The Morgan fingerprint density at radius 1 is 1.35 bits per heavy atom. The number of rotatable bonds is 5. The second kappa shape index (κ2) is 5.83. The molecule has 0 unspecified atom stereocenters. The van der Waals surface area contributed by atoms with E-state index in [2.05, 4.69) is 30.0 Å². The fraction of sp³-hybridized carbons (Fsp3) is 0.385. The summed E-state index contributed by atoms with van der Waals surface area (Å²) in [4.78, 5) is 3.56. The van der Waals surface area contributed by atoms with Crippen LogP contribution in [0.25, 0.3) is 10.1 Å². The Kier molecular flexibility index (Phi) is 4.40. The zero-order chi connectivity index (χ0) is 12.3. The second-order valence-corrected chi connectivity index (χ2v) is 5.51. The largest absolute Gasteiger partial charge is 0.329 e. The molecule has 0 aliphatic rings. The minimum Gasteiger partial charge on any atom is -0.329 e. The summed E-state index contributed by atoms with van der Waals surface area (Å²) in [5, 5.41) is 2.07. The van der Waals surface area contributed by atoms with Gasteiger partial charge in [-0.2, -0.15) is 0 Å². The van der Waals surface area contributed by atoms with E-state index in [1.54, 1.807) is 11.3 Å². The Labute approximate surface area is 111 Å². The zero-order valence-electron chi connectivity index (χ0n) is 9.95. The van der Waals surface area contributed by atoms with Crippen molar-refractivity contribution in [3.8, 4) is 0 Å². The van der Waals surface area contributed by atoms with Gasteiger partial charge in [0.15, 0.2) is 0 Å². The molecule has 2 aromatic rings. The van der Waals surface area contributed by atoms with Crippen LogP contribution in [0.2, 0.25) is 5.02 Å². The topological polar surface area (TPSA) is 29.3 Å². The summed E-state index contributed by atoms with van der Waals surface area (Å²) in [7, 11) is 0. The molecule has 0 saturated heterocycles. The van der Waals surface area contributed by atoms with E-state index in [9.17, 15) is 0 Å². The van der Waals surface area contributed by atoms with Gasteiger partial charge in [-0.15, -0.1) is 11.3 Å². The van der Waals surface area contributed by atoms with Gasteiger partial charge in [-0.25, -0.2) is 0 Å². The number of fused-ring (bicyclic) bond motifs is 1. The Morgan fingerprint density at radius 3 is 2.76 bits per heavy atom. The third kappa shape index (κ3) is 2.80. The number of benzene rings is 1. The first-order valence-corrected chi connectivity index (χ1v) is 7.04. The van der Waals surface area contributed by atoms with Crippen LogP contribution >= 0.6 is 22.9 Å². The van der Waals surface area contributed by atoms with Crippen molar-refractivity contribution >= 4 is 33.0 Å². The van der Waals surface area contributed by atoms with Gasteiger partial charge in [0.05, 0.1) is 5.02 Å². The minimum absolute atomic E-state index is 0.691. The summed E-state index contributed by atoms with van der Waals surface area (Å²) in [5.74, 6) is 0. The highest BCUT2D eigenvalue weighted by atomic mass is 35.5. The van der Waals surface area contributed by atoms with E-state index in [0.717, 1.165) is 30.0 Å². The normalized spacial score (nSPS) is 11.5. The van der Waals surface area contributed by atoms with Crippen LogP contribution in [0.15, 0.2) is 24.3 Å². The molecule has 1 aromatic heterocycles. The predicted octanol–water partition coefficient (Wildman–Crippen LogP) is 3.34. The molecule has 1 heterocycles. The summed E-state index contributed by atoms with van der Waals surface area (Å²) in [5.41, 5.74) is 5.60. The molecule has 0 aliphatic heterocycles. The van der Waals surface area contributed by atoms with Crippen molar-refractivity contribution in [2.75, 3.05) is 19.6 Å². The van der Waals surface area contributed by atoms with Crippen LogP contribution in [0.1, 0.15) is 11.8 Å². The molecular weight excluding hydrogens is 252 g/mol. The van der Waals surface area contributed by atoms with Crippen molar-refractivity contribution in [2.24, 2.45) is 5.73 Å². The summed E-state index contributed by atoms with van der Waals surface area (Å²) < 4.78 is 1.26. The first-order valence-electron chi connectivity index (χ1n) is 5.84.